The maximum absolute atomic E-state index is 13.0. The number of piperazine rings is 1. The van der Waals surface area contributed by atoms with Crippen LogP contribution in [-0.2, 0) is 14.8 Å². The van der Waals surface area contributed by atoms with Crippen LogP contribution in [0, 0.1) is 12.8 Å². The van der Waals surface area contributed by atoms with E-state index in [1.807, 2.05) is 19.1 Å². The van der Waals surface area contributed by atoms with Crippen molar-refractivity contribution in [3.63, 3.8) is 0 Å². The van der Waals surface area contributed by atoms with Crippen LogP contribution in [0.4, 0.5) is 0 Å². The number of piperidine rings is 1. The van der Waals surface area contributed by atoms with E-state index in [1.165, 1.54) is 25.7 Å². The fraction of sp³-hybridized carbons (Fsp3) is 0.682. The highest BCUT2D eigenvalue weighted by molar-refractivity contribution is 7.89. The number of nitrogens with zero attached hydrogens (tertiary/aromatic N) is 3. The number of hydrogen-bond donors (Lipinski definition) is 0. The Bertz CT molecular complexity index is 814. The van der Waals surface area contributed by atoms with Gasteiger partial charge in [0.15, 0.2) is 0 Å². The van der Waals surface area contributed by atoms with Crippen molar-refractivity contribution in [1.82, 2.24) is 14.1 Å². The highest BCUT2D eigenvalue weighted by Gasteiger charge is 2.36. The van der Waals surface area contributed by atoms with Gasteiger partial charge in [0.25, 0.3) is 0 Å². The molecule has 160 valence electrons. The fourth-order valence-corrected chi connectivity index (χ4v) is 6.63. The van der Waals surface area contributed by atoms with Crippen LogP contribution in [0.2, 0.25) is 0 Å². The molecular formula is C22H33N3O3S. The third kappa shape index (κ3) is 4.52. The molecule has 1 aliphatic carbocycles. The lowest BCUT2D eigenvalue weighted by Gasteiger charge is -2.45. The number of sulfonamides is 1. The minimum absolute atomic E-state index is 0.233. The number of carbonyl (C=O) groups is 1. The zero-order valence-electron chi connectivity index (χ0n) is 17.4. The van der Waals surface area contributed by atoms with Crippen LogP contribution < -0.4 is 0 Å². The smallest absolute Gasteiger partial charge is 0.243 e. The average Bonchev–Trinajstić information content (AvgIpc) is 2.74. The van der Waals surface area contributed by atoms with Gasteiger partial charge in [-0.2, -0.15) is 4.31 Å². The van der Waals surface area contributed by atoms with Crippen molar-refractivity contribution in [2.24, 2.45) is 5.92 Å². The lowest BCUT2D eigenvalue weighted by molar-refractivity contribution is -0.139. The predicted molar refractivity (Wildman–Crippen MR) is 113 cm³/mol. The minimum Gasteiger partial charge on any atom is -0.338 e. The molecule has 1 saturated carbocycles. The number of rotatable bonds is 4. The standard InChI is InChI=1S/C22H33N3O3S/c1-18-8-10-20(11-9-18)29(27,28)24-15-13-23(14-16-24)17-22(26)25-12-4-6-19-5-2-3-7-21(19)25/h8-11,19,21H,2-7,12-17H2,1H3/t19-,21-/m0/s1. The maximum Gasteiger partial charge on any atom is 0.243 e. The molecule has 2 saturated heterocycles. The summed E-state index contributed by atoms with van der Waals surface area (Å²) in [6.45, 7) is 5.36. The summed E-state index contributed by atoms with van der Waals surface area (Å²) in [4.78, 5) is 17.6. The normalized spacial score (nSPS) is 26.9. The predicted octanol–water partition coefficient (Wildman–Crippen LogP) is 2.48. The van der Waals surface area contributed by atoms with Gasteiger partial charge in [-0.15, -0.1) is 0 Å². The number of fused-ring (bicyclic) bond motifs is 1. The summed E-state index contributed by atoms with van der Waals surface area (Å²) in [6.07, 6.45) is 7.35. The Labute approximate surface area is 174 Å². The van der Waals surface area contributed by atoms with Gasteiger partial charge >= 0.3 is 0 Å². The van der Waals surface area contributed by atoms with Crippen molar-refractivity contribution in [2.75, 3.05) is 39.3 Å². The summed E-state index contributed by atoms with van der Waals surface area (Å²) < 4.78 is 27.3. The topological polar surface area (TPSA) is 60.9 Å². The van der Waals surface area contributed by atoms with Gasteiger partial charge in [0.1, 0.15) is 0 Å². The molecule has 2 atom stereocenters. The van der Waals surface area contributed by atoms with Gasteiger partial charge in [0.2, 0.25) is 15.9 Å². The monoisotopic (exact) mass is 419 g/mol. The number of amides is 1. The first kappa shape index (κ1) is 20.8. The van der Waals surface area contributed by atoms with Crippen molar-refractivity contribution < 1.29 is 13.2 Å². The number of carbonyl (C=O) groups excluding carboxylic acids is 1. The molecule has 0 aromatic heterocycles. The Morgan fingerprint density at radius 1 is 0.931 bits per heavy atom. The maximum atomic E-state index is 13.0. The van der Waals surface area contributed by atoms with E-state index in [2.05, 4.69) is 9.80 Å². The third-order valence-electron chi connectivity index (χ3n) is 6.91. The molecule has 7 heteroatoms. The van der Waals surface area contributed by atoms with E-state index in [-0.39, 0.29) is 5.91 Å². The summed E-state index contributed by atoms with van der Waals surface area (Å²) in [7, 11) is -3.46. The molecule has 2 aliphatic heterocycles. The Kier molecular flexibility index (Phi) is 6.27. The summed E-state index contributed by atoms with van der Waals surface area (Å²) in [6, 6.07) is 7.46. The van der Waals surface area contributed by atoms with Gasteiger partial charge in [-0.05, 0) is 50.7 Å². The molecule has 1 aromatic rings. The van der Waals surface area contributed by atoms with Crippen LogP contribution in [0.15, 0.2) is 29.2 Å². The van der Waals surface area contributed by atoms with E-state index >= 15 is 0 Å². The summed E-state index contributed by atoms with van der Waals surface area (Å²) >= 11 is 0. The zero-order chi connectivity index (χ0) is 20.4. The Hall–Kier alpha value is -1.44. The first-order chi connectivity index (χ1) is 13.9. The minimum atomic E-state index is -3.46. The highest BCUT2D eigenvalue weighted by Crippen LogP contribution is 2.35. The van der Waals surface area contributed by atoms with Gasteiger partial charge in [0, 0.05) is 38.8 Å². The lowest BCUT2D eigenvalue weighted by atomic mass is 9.78. The van der Waals surface area contributed by atoms with Crippen molar-refractivity contribution in [1.29, 1.82) is 0 Å². The molecule has 0 bridgehead atoms. The number of likely N-dealkylation sites (tertiary alicyclic amines) is 1. The first-order valence-corrected chi connectivity index (χ1v) is 12.5. The molecule has 0 N–H and O–H groups in total. The molecule has 2 heterocycles. The molecule has 3 aliphatic rings. The van der Waals surface area contributed by atoms with Crippen LogP contribution in [0.25, 0.3) is 0 Å². The Balaban J connectivity index is 1.32. The van der Waals surface area contributed by atoms with Crippen molar-refractivity contribution in [3.8, 4) is 0 Å². The quantitative estimate of drug-likeness (QED) is 0.752. The molecular weight excluding hydrogens is 386 g/mol. The van der Waals surface area contributed by atoms with E-state index in [4.69, 9.17) is 0 Å². The molecule has 29 heavy (non-hydrogen) atoms. The Morgan fingerprint density at radius 2 is 1.59 bits per heavy atom. The summed E-state index contributed by atoms with van der Waals surface area (Å²) in [5, 5.41) is 0. The van der Waals surface area contributed by atoms with Crippen LogP contribution in [0.1, 0.15) is 44.1 Å². The van der Waals surface area contributed by atoms with E-state index in [9.17, 15) is 13.2 Å². The summed E-state index contributed by atoms with van der Waals surface area (Å²) in [5.74, 6) is 0.925. The molecule has 0 spiro atoms. The highest BCUT2D eigenvalue weighted by atomic mass is 32.2. The van der Waals surface area contributed by atoms with Gasteiger partial charge in [-0.1, -0.05) is 30.5 Å². The van der Waals surface area contributed by atoms with Gasteiger partial charge < -0.3 is 4.90 Å². The van der Waals surface area contributed by atoms with Crippen molar-refractivity contribution >= 4 is 15.9 Å². The molecule has 0 unspecified atom stereocenters. The van der Waals surface area contributed by atoms with Crippen LogP contribution in [0.3, 0.4) is 0 Å². The number of hydrogen-bond acceptors (Lipinski definition) is 4. The average molecular weight is 420 g/mol. The number of benzene rings is 1. The first-order valence-electron chi connectivity index (χ1n) is 11.0. The van der Waals surface area contributed by atoms with Crippen molar-refractivity contribution in [3.05, 3.63) is 29.8 Å². The third-order valence-corrected chi connectivity index (χ3v) is 8.83. The molecule has 1 aromatic carbocycles. The van der Waals surface area contributed by atoms with E-state index in [1.54, 1.807) is 16.4 Å². The SMILES string of the molecule is Cc1ccc(S(=O)(=O)N2CCN(CC(=O)N3CCC[C@@H]4CCCC[C@@H]43)CC2)cc1. The number of aryl methyl sites for hydroxylation is 1. The second kappa shape index (κ2) is 8.74. The van der Waals surface area contributed by atoms with E-state index in [0.717, 1.165) is 24.9 Å². The van der Waals surface area contributed by atoms with Gasteiger partial charge in [-0.3, -0.25) is 9.69 Å². The molecule has 3 fully saturated rings. The molecule has 6 nitrogen and oxygen atoms in total. The van der Waals surface area contributed by atoms with Crippen LogP contribution in [-0.4, -0.2) is 73.7 Å². The lowest BCUT2D eigenvalue weighted by Crippen LogP contribution is -2.55. The molecule has 0 radical (unpaired) electrons. The van der Waals surface area contributed by atoms with Gasteiger partial charge in [-0.25, -0.2) is 8.42 Å². The second-order valence-electron chi connectivity index (χ2n) is 8.83. The zero-order valence-corrected chi connectivity index (χ0v) is 18.2. The van der Waals surface area contributed by atoms with E-state index < -0.39 is 10.0 Å². The largest absolute Gasteiger partial charge is 0.338 e. The second-order valence-corrected chi connectivity index (χ2v) is 10.8. The molecule has 4 rings (SSSR count). The van der Waals surface area contributed by atoms with Crippen molar-refractivity contribution in [2.45, 2.75) is 56.4 Å². The summed E-state index contributed by atoms with van der Waals surface area (Å²) in [5.41, 5.74) is 1.05. The Morgan fingerprint density at radius 3 is 2.31 bits per heavy atom. The molecule has 1 amide bonds. The van der Waals surface area contributed by atoms with Gasteiger partial charge in [0.05, 0.1) is 11.4 Å². The fourth-order valence-electron chi connectivity index (χ4n) is 5.20. The van der Waals surface area contributed by atoms with Crippen LogP contribution in [0.5, 0.6) is 0 Å². The van der Waals surface area contributed by atoms with E-state index in [0.29, 0.717) is 49.6 Å². The van der Waals surface area contributed by atoms with Crippen LogP contribution >= 0.6 is 0 Å².